The molecule has 2 aromatic heterocycles. The zero-order valence-electron chi connectivity index (χ0n) is 7.27. The molecule has 0 aromatic carbocycles. The number of aromatic amines is 2. The zero-order chi connectivity index (χ0) is 9.54. The van der Waals surface area contributed by atoms with Gasteiger partial charge in [-0.15, -0.1) is 0 Å². The van der Waals surface area contributed by atoms with Crippen LogP contribution in [0, 0.1) is 4.77 Å². The number of aromatic nitrogens is 6. The Bertz CT molecular complexity index is 490. The van der Waals surface area contributed by atoms with Crippen molar-refractivity contribution in [2.24, 2.45) is 0 Å². The molecule has 72 valence electrons. The summed E-state index contributed by atoms with van der Waals surface area (Å²) >= 11 is 5.15. The second-order valence-corrected chi connectivity index (χ2v) is 3.70. The minimum atomic E-state index is 0.493. The fourth-order valence-electron chi connectivity index (χ4n) is 1.47. The smallest absolute Gasteiger partial charge is 0.195 e. The standard InChI is InChI=1S/C7H8N6S/c14-7-11-10-6(5-3-8-12-9-5)13(7)4-1-2-4/h3-4H,1-2H2,(H,11,14)(H,8,9,12). The molecular weight excluding hydrogens is 200 g/mol. The van der Waals surface area contributed by atoms with Gasteiger partial charge in [-0.05, 0) is 25.1 Å². The maximum Gasteiger partial charge on any atom is 0.195 e. The molecular formula is C7H8N6S. The molecule has 0 spiro atoms. The largest absolute Gasteiger partial charge is 0.296 e. The fraction of sp³-hybridized carbons (Fsp3) is 0.429. The monoisotopic (exact) mass is 208 g/mol. The molecule has 1 aliphatic carbocycles. The van der Waals surface area contributed by atoms with Gasteiger partial charge in [-0.2, -0.15) is 20.5 Å². The first-order valence-electron chi connectivity index (χ1n) is 4.39. The molecule has 6 nitrogen and oxygen atoms in total. The van der Waals surface area contributed by atoms with Gasteiger partial charge in [0.05, 0.1) is 6.20 Å². The van der Waals surface area contributed by atoms with E-state index in [4.69, 9.17) is 12.2 Å². The van der Waals surface area contributed by atoms with Crippen molar-refractivity contribution < 1.29 is 0 Å². The van der Waals surface area contributed by atoms with E-state index in [-0.39, 0.29) is 0 Å². The van der Waals surface area contributed by atoms with Crippen LogP contribution in [-0.4, -0.2) is 30.2 Å². The fourth-order valence-corrected chi connectivity index (χ4v) is 1.75. The lowest BCUT2D eigenvalue weighted by Gasteiger charge is -1.99. The normalized spacial score (nSPS) is 16.0. The summed E-state index contributed by atoms with van der Waals surface area (Å²) < 4.78 is 2.66. The first-order chi connectivity index (χ1) is 6.86. The maximum absolute atomic E-state index is 5.15. The first-order valence-corrected chi connectivity index (χ1v) is 4.80. The number of rotatable bonds is 2. The Morgan fingerprint density at radius 2 is 2.29 bits per heavy atom. The van der Waals surface area contributed by atoms with E-state index in [0.29, 0.717) is 10.8 Å². The highest BCUT2D eigenvalue weighted by Crippen LogP contribution is 2.37. The van der Waals surface area contributed by atoms with Crippen LogP contribution in [0.15, 0.2) is 6.20 Å². The molecule has 0 amide bonds. The van der Waals surface area contributed by atoms with Crippen LogP contribution in [0.3, 0.4) is 0 Å². The van der Waals surface area contributed by atoms with Crippen molar-refractivity contribution in [2.45, 2.75) is 18.9 Å². The number of hydrogen-bond donors (Lipinski definition) is 2. The lowest BCUT2D eigenvalue weighted by Crippen LogP contribution is -1.97. The van der Waals surface area contributed by atoms with Gasteiger partial charge in [0.25, 0.3) is 0 Å². The molecule has 2 aromatic rings. The Hall–Kier alpha value is -1.50. The van der Waals surface area contributed by atoms with E-state index in [0.717, 1.165) is 11.5 Å². The van der Waals surface area contributed by atoms with Crippen LogP contribution in [0.4, 0.5) is 0 Å². The van der Waals surface area contributed by atoms with Gasteiger partial charge in [-0.25, -0.2) is 0 Å². The molecule has 0 unspecified atom stereocenters. The maximum atomic E-state index is 5.15. The van der Waals surface area contributed by atoms with Crippen molar-refractivity contribution in [3.05, 3.63) is 11.0 Å². The molecule has 0 bridgehead atoms. The lowest BCUT2D eigenvalue weighted by atomic mass is 10.4. The summed E-state index contributed by atoms with van der Waals surface area (Å²) in [5.74, 6) is 0.770. The van der Waals surface area contributed by atoms with Crippen LogP contribution in [0.25, 0.3) is 11.5 Å². The van der Waals surface area contributed by atoms with Crippen LogP contribution >= 0.6 is 12.2 Å². The van der Waals surface area contributed by atoms with Crippen LogP contribution in [0.2, 0.25) is 0 Å². The predicted molar refractivity (Wildman–Crippen MR) is 51.1 cm³/mol. The van der Waals surface area contributed by atoms with Crippen LogP contribution in [0.5, 0.6) is 0 Å². The summed E-state index contributed by atoms with van der Waals surface area (Å²) in [5, 5.41) is 17.2. The summed E-state index contributed by atoms with van der Waals surface area (Å²) in [6.45, 7) is 0. The zero-order valence-corrected chi connectivity index (χ0v) is 8.08. The second kappa shape index (κ2) is 2.74. The van der Waals surface area contributed by atoms with E-state index < -0.39 is 0 Å². The highest BCUT2D eigenvalue weighted by atomic mass is 32.1. The van der Waals surface area contributed by atoms with Gasteiger partial charge in [0.15, 0.2) is 10.6 Å². The Kier molecular flexibility index (Phi) is 1.54. The number of nitrogens with zero attached hydrogens (tertiary/aromatic N) is 4. The lowest BCUT2D eigenvalue weighted by molar-refractivity contribution is 0.732. The van der Waals surface area contributed by atoms with Crippen molar-refractivity contribution in [2.75, 3.05) is 0 Å². The third-order valence-corrected chi connectivity index (χ3v) is 2.55. The van der Waals surface area contributed by atoms with Crippen molar-refractivity contribution in [1.29, 1.82) is 0 Å². The third-order valence-electron chi connectivity index (χ3n) is 2.26. The summed E-state index contributed by atoms with van der Waals surface area (Å²) in [7, 11) is 0. The van der Waals surface area contributed by atoms with Crippen molar-refractivity contribution >= 4 is 12.2 Å². The van der Waals surface area contributed by atoms with Crippen LogP contribution < -0.4 is 0 Å². The minimum absolute atomic E-state index is 0.493. The van der Waals surface area contributed by atoms with E-state index in [1.54, 1.807) is 6.20 Å². The van der Waals surface area contributed by atoms with Crippen LogP contribution in [0.1, 0.15) is 18.9 Å². The van der Waals surface area contributed by atoms with Gasteiger partial charge in [0, 0.05) is 6.04 Å². The SMILES string of the molecule is S=c1[nH]nc(-c2cn[nH]n2)n1C1CC1. The Labute approximate surface area is 84.3 Å². The molecule has 2 heterocycles. The quantitative estimate of drug-likeness (QED) is 0.723. The molecule has 1 saturated carbocycles. The molecule has 1 aliphatic rings. The van der Waals surface area contributed by atoms with E-state index in [9.17, 15) is 0 Å². The molecule has 3 rings (SSSR count). The number of hydrogen-bond acceptors (Lipinski definition) is 4. The highest BCUT2D eigenvalue weighted by Gasteiger charge is 2.28. The van der Waals surface area contributed by atoms with Gasteiger partial charge in [-0.1, -0.05) is 0 Å². The highest BCUT2D eigenvalue weighted by molar-refractivity contribution is 7.71. The van der Waals surface area contributed by atoms with E-state index in [1.165, 1.54) is 12.8 Å². The minimum Gasteiger partial charge on any atom is -0.296 e. The van der Waals surface area contributed by atoms with Crippen molar-refractivity contribution in [1.82, 2.24) is 30.2 Å². The van der Waals surface area contributed by atoms with Crippen molar-refractivity contribution in [3.8, 4) is 11.5 Å². The number of H-pyrrole nitrogens is 2. The van der Waals surface area contributed by atoms with E-state index >= 15 is 0 Å². The van der Waals surface area contributed by atoms with Crippen molar-refractivity contribution in [3.63, 3.8) is 0 Å². The topological polar surface area (TPSA) is 75.2 Å². The second-order valence-electron chi connectivity index (χ2n) is 3.31. The average molecular weight is 208 g/mol. The van der Waals surface area contributed by atoms with E-state index in [2.05, 4.69) is 25.6 Å². The predicted octanol–water partition coefficient (Wildman–Crippen LogP) is 1.06. The van der Waals surface area contributed by atoms with Gasteiger partial charge in [0.2, 0.25) is 0 Å². The van der Waals surface area contributed by atoms with Gasteiger partial charge < -0.3 is 0 Å². The Balaban J connectivity index is 2.18. The molecule has 1 fully saturated rings. The van der Waals surface area contributed by atoms with E-state index in [1.807, 2.05) is 4.57 Å². The first kappa shape index (κ1) is 7.86. The molecule has 0 atom stereocenters. The molecule has 2 N–H and O–H groups in total. The molecule has 0 radical (unpaired) electrons. The third kappa shape index (κ3) is 1.09. The molecule has 0 saturated heterocycles. The molecule has 14 heavy (non-hydrogen) atoms. The van der Waals surface area contributed by atoms with Crippen LogP contribution in [-0.2, 0) is 0 Å². The average Bonchev–Trinajstić information content (AvgIpc) is 2.75. The Morgan fingerprint density at radius 1 is 1.43 bits per heavy atom. The van der Waals surface area contributed by atoms with Gasteiger partial charge >= 0.3 is 0 Å². The summed E-state index contributed by atoms with van der Waals surface area (Å²) in [6, 6.07) is 0.493. The summed E-state index contributed by atoms with van der Waals surface area (Å²) in [6.07, 6.45) is 3.97. The Morgan fingerprint density at radius 3 is 2.93 bits per heavy atom. The van der Waals surface area contributed by atoms with Gasteiger partial charge in [0.1, 0.15) is 5.69 Å². The molecule has 0 aliphatic heterocycles. The summed E-state index contributed by atoms with van der Waals surface area (Å²) in [5.41, 5.74) is 0.726. The van der Waals surface area contributed by atoms with Gasteiger partial charge in [-0.3, -0.25) is 9.67 Å². The number of nitrogens with one attached hydrogen (secondary N) is 2. The summed E-state index contributed by atoms with van der Waals surface area (Å²) in [4.78, 5) is 0. The molecule has 7 heteroatoms.